The van der Waals surface area contributed by atoms with Gasteiger partial charge >= 0.3 is 0 Å². The summed E-state index contributed by atoms with van der Waals surface area (Å²) in [5.41, 5.74) is 3.13. The number of sulfonamides is 1. The van der Waals surface area contributed by atoms with Gasteiger partial charge in [0.05, 0.1) is 10.6 Å². The molecule has 0 saturated carbocycles. The number of nitrogens with zero attached hydrogens (tertiary/aromatic N) is 1. The Kier molecular flexibility index (Phi) is 4.75. The van der Waals surface area contributed by atoms with Gasteiger partial charge in [0.2, 0.25) is 5.91 Å². The monoisotopic (exact) mass is 332 g/mol. The fourth-order valence-electron chi connectivity index (χ4n) is 2.13. The molecule has 0 spiro atoms. The van der Waals surface area contributed by atoms with Crippen LogP contribution in [-0.4, -0.2) is 21.4 Å². The fraction of sp³-hybridized carbons (Fsp3) is 0.235. The molecular formula is C17H20N2O3S. The van der Waals surface area contributed by atoms with E-state index in [1.54, 1.807) is 42.5 Å². The number of hydrogen-bond donors (Lipinski definition) is 1. The third-order valence-corrected chi connectivity index (χ3v) is 5.47. The number of amides is 1. The second kappa shape index (κ2) is 6.42. The molecule has 0 aliphatic heterocycles. The summed E-state index contributed by atoms with van der Waals surface area (Å²) in [4.78, 5) is 11.3. The number of rotatable bonds is 4. The van der Waals surface area contributed by atoms with Crippen molar-refractivity contribution in [2.45, 2.75) is 25.7 Å². The van der Waals surface area contributed by atoms with Crippen LogP contribution in [0.5, 0.6) is 0 Å². The minimum atomic E-state index is -3.62. The molecule has 6 heteroatoms. The summed E-state index contributed by atoms with van der Waals surface area (Å²) < 4.78 is 26.7. The molecule has 0 radical (unpaired) electrons. The van der Waals surface area contributed by atoms with E-state index < -0.39 is 10.0 Å². The minimum absolute atomic E-state index is 0.172. The van der Waals surface area contributed by atoms with Crippen molar-refractivity contribution in [2.24, 2.45) is 0 Å². The van der Waals surface area contributed by atoms with Crippen molar-refractivity contribution in [3.05, 3.63) is 53.6 Å². The van der Waals surface area contributed by atoms with Crippen molar-refractivity contribution < 1.29 is 13.2 Å². The van der Waals surface area contributed by atoms with Crippen LogP contribution in [0, 0.1) is 13.8 Å². The molecule has 0 saturated heterocycles. The summed E-state index contributed by atoms with van der Waals surface area (Å²) in [6.45, 7) is 5.25. The predicted molar refractivity (Wildman–Crippen MR) is 92.3 cm³/mol. The van der Waals surface area contributed by atoms with Gasteiger partial charge < -0.3 is 5.32 Å². The molecule has 2 aromatic carbocycles. The molecule has 122 valence electrons. The van der Waals surface area contributed by atoms with Crippen molar-refractivity contribution in [1.29, 1.82) is 0 Å². The van der Waals surface area contributed by atoms with E-state index >= 15 is 0 Å². The van der Waals surface area contributed by atoms with Gasteiger partial charge in [-0.3, -0.25) is 9.10 Å². The minimum Gasteiger partial charge on any atom is -0.326 e. The highest BCUT2D eigenvalue weighted by Crippen LogP contribution is 2.24. The maximum Gasteiger partial charge on any atom is 0.264 e. The molecular weight excluding hydrogens is 312 g/mol. The van der Waals surface area contributed by atoms with Crippen LogP contribution in [0.1, 0.15) is 18.1 Å². The highest BCUT2D eigenvalue weighted by molar-refractivity contribution is 7.92. The van der Waals surface area contributed by atoms with Crippen LogP contribution in [0.15, 0.2) is 47.4 Å². The van der Waals surface area contributed by atoms with Gasteiger partial charge in [0.1, 0.15) is 0 Å². The quantitative estimate of drug-likeness (QED) is 0.935. The van der Waals surface area contributed by atoms with Crippen molar-refractivity contribution in [3.63, 3.8) is 0 Å². The van der Waals surface area contributed by atoms with Crippen molar-refractivity contribution in [1.82, 2.24) is 0 Å². The number of carbonyl (C=O) groups is 1. The summed E-state index contributed by atoms with van der Waals surface area (Å²) in [6.07, 6.45) is 0. The Bertz CT molecular complexity index is 827. The zero-order valence-corrected chi connectivity index (χ0v) is 14.4. The van der Waals surface area contributed by atoms with Crippen LogP contribution in [0.25, 0.3) is 0 Å². The number of hydrogen-bond acceptors (Lipinski definition) is 3. The van der Waals surface area contributed by atoms with E-state index in [0.717, 1.165) is 11.1 Å². The van der Waals surface area contributed by atoms with Gasteiger partial charge in [0, 0.05) is 19.7 Å². The highest BCUT2D eigenvalue weighted by Gasteiger charge is 2.21. The van der Waals surface area contributed by atoms with Gasteiger partial charge in [-0.25, -0.2) is 8.42 Å². The topological polar surface area (TPSA) is 66.5 Å². The molecule has 0 aliphatic rings. The van der Waals surface area contributed by atoms with Crippen molar-refractivity contribution in [2.75, 3.05) is 16.7 Å². The summed E-state index contributed by atoms with van der Waals surface area (Å²) in [5, 5.41) is 2.65. The van der Waals surface area contributed by atoms with E-state index in [-0.39, 0.29) is 10.8 Å². The van der Waals surface area contributed by atoms with E-state index in [4.69, 9.17) is 0 Å². The Hall–Kier alpha value is -2.34. The third-order valence-electron chi connectivity index (χ3n) is 3.69. The molecule has 0 atom stereocenters. The lowest BCUT2D eigenvalue weighted by Crippen LogP contribution is -2.26. The van der Waals surface area contributed by atoms with Crippen molar-refractivity contribution >= 4 is 27.3 Å². The average Bonchev–Trinajstić information content (AvgIpc) is 2.49. The smallest absolute Gasteiger partial charge is 0.264 e. The van der Waals surface area contributed by atoms with Gasteiger partial charge in [-0.1, -0.05) is 6.07 Å². The van der Waals surface area contributed by atoms with E-state index in [0.29, 0.717) is 11.4 Å². The molecule has 0 bridgehead atoms. The third kappa shape index (κ3) is 3.71. The Morgan fingerprint density at radius 3 is 2.13 bits per heavy atom. The fourth-order valence-corrected chi connectivity index (χ4v) is 3.41. The molecule has 2 aromatic rings. The molecule has 1 N–H and O–H groups in total. The number of anilines is 2. The summed E-state index contributed by atoms with van der Waals surface area (Å²) in [5.74, 6) is -0.172. The van der Waals surface area contributed by atoms with Gasteiger partial charge in [0.15, 0.2) is 0 Å². The maximum absolute atomic E-state index is 12.7. The average molecular weight is 332 g/mol. The first-order valence-electron chi connectivity index (χ1n) is 7.15. The zero-order chi connectivity index (χ0) is 17.2. The number of nitrogens with one attached hydrogen (secondary N) is 1. The van der Waals surface area contributed by atoms with Gasteiger partial charge in [-0.15, -0.1) is 0 Å². The van der Waals surface area contributed by atoms with Gasteiger partial charge in [0.25, 0.3) is 10.0 Å². The largest absolute Gasteiger partial charge is 0.326 e. The van der Waals surface area contributed by atoms with Gasteiger partial charge in [-0.05, 0) is 61.4 Å². The lowest BCUT2D eigenvalue weighted by molar-refractivity contribution is -0.114. The molecule has 0 fully saturated rings. The van der Waals surface area contributed by atoms with Crippen LogP contribution < -0.4 is 9.62 Å². The van der Waals surface area contributed by atoms with Crippen LogP contribution >= 0.6 is 0 Å². The number of benzene rings is 2. The standard InChI is InChI=1S/C17H20N2O3S/c1-12-5-10-17(11-13(12)2)23(21,22)19(4)16-8-6-15(7-9-16)18-14(3)20/h5-11H,1-4H3,(H,18,20). The molecule has 5 nitrogen and oxygen atoms in total. The van der Waals surface area contributed by atoms with Gasteiger partial charge in [-0.2, -0.15) is 0 Å². The Balaban J connectivity index is 2.32. The number of carbonyl (C=O) groups excluding carboxylic acids is 1. The molecule has 23 heavy (non-hydrogen) atoms. The van der Waals surface area contributed by atoms with Crippen LogP contribution in [-0.2, 0) is 14.8 Å². The first kappa shape index (κ1) is 17.0. The second-order valence-electron chi connectivity index (χ2n) is 5.45. The normalized spacial score (nSPS) is 11.1. The van der Waals surface area contributed by atoms with Crippen LogP contribution in [0.4, 0.5) is 11.4 Å². The second-order valence-corrected chi connectivity index (χ2v) is 7.42. The first-order chi connectivity index (χ1) is 10.7. The summed E-state index contributed by atoms with van der Waals surface area (Å²) in [7, 11) is -2.11. The lowest BCUT2D eigenvalue weighted by Gasteiger charge is -2.20. The lowest BCUT2D eigenvalue weighted by atomic mass is 10.1. The van der Waals surface area contributed by atoms with E-state index in [1.807, 2.05) is 13.8 Å². The molecule has 2 rings (SSSR count). The Labute approximate surface area is 137 Å². The maximum atomic E-state index is 12.7. The van der Waals surface area contributed by atoms with Crippen LogP contribution in [0.3, 0.4) is 0 Å². The number of aryl methyl sites for hydroxylation is 2. The molecule has 0 aromatic heterocycles. The molecule has 0 unspecified atom stereocenters. The highest BCUT2D eigenvalue weighted by atomic mass is 32.2. The van der Waals surface area contributed by atoms with E-state index in [9.17, 15) is 13.2 Å². The zero-order valence-electron chi connectivity index (χ0n) is 13.6. The van der Waals surface area contributed by atoms with Crippen molar-refractivity contribution in [3.8, 4) is 0 Å². The van der Waals surface area contributed by atoms with Crippen LogP contribution in [0.2, 0.25) is 0 Å². The Morgan fingerprint density at radius 2 is 1.61 bits per heavy atom. The molecule has 0 heterocycles. The first-order valence-corrected chi connectivity index (χ1v) is 8.59. The molecule has 1 amide bonds. The summed E-state index contributed by atoms with van der Waals surface area (Å²) >= 11 is 0. The summed E-state index contributed by atoms with van der Waals surface area (Å²) in [6, 6.07) is 11.7. The van der Waals surface area contributed by atoms with E-state index in [1.165, 1.54) is 18.3 Å². The SMILES string of the molecule is CC(=O)Nc1ccc(N(C)S(=O)(=O)c2ccc(C)c(C)c2)cc1. The Morgan fingerprint density at radius 1 is 1.00 bits per heavy atom. The molecule has 0 aliphatic carbocycles. The predicted octanol–water partition coefficient (Wildman–Crippen LogP) is 3.09. The van der Waals surface area contributed by atoms with E-state index in [2.05, 4.69) is 5.32 Å².